The zero-order chi connectivity index (χ0) is 15.4. The molecule has 0 radical (unpaired) electrons. The van der Waals surface area contributed by atoms with Gasteiger partial charge in [-0.25, -0.2) is 0 Å². The van der Waals surface area contributed by atoms with Crippen LogP contribution >= 0.6 is 20.6 Å². The van der Waals surface area contributed by atoms with Crippen molar-refractivity contribution >= 4 is 45.7 Å². The number of hydrogen-bond donors (Lipinski definition) is 3. The van der Waals surface area contributed by atoms with Crippen molar-refractivity contribution in [3.63, 3.8) is 0 Å². The summed E-state index contributed by atoms with van der Waals surface area (Å²) in [5, 5.41) is 10.1. The minimum absolute atomic E-state index is 0.367. The number of nitrogens with zero attached hydrogens (tertiary/aromatic N) is 1. The molecule has 0 bridgehead atoms. The number of aromatic nitrogens is 2. The van der Waals surface area contributed by atoms with Gasteiger partial charge in [0.25, 0.3) is 0 Å². The number of nitrogens with one attached hydrogen (secondary N) is 1. The molecule has 0 spiro atoms. The second-order valence-corrected chi connectivity index (χ2v) is 7.21. The van der Waals surface area contributed by atoms with Gasteiger partial charge in [-0.1, -0.05) is 8.44 Å². The summed E-state index contributed by atoms with van der Waals surface area (Å²) in [6.45, 7) is 0.395. The summed E-state index contributed by atoms with van der Waals surface area (Å²) in [5.41, 5.74) is -1.11. The normalized spacial score (nSPS) is 32.0. The molecule has 2 unspecified atom stereocenters. The molecule has 11 heteroatoms. The maximum atomic E-state index is 11.6. The molecule has 1 aromatic rings. The number of aliphatic hydroxyl groups excluding tert-OH is 1. The summed E-state index contributed by atoms with van der Waals surface area (Å²) in [7, 11) is 2.16. The van der Waals surface area contributed by atoms with E-state index in [1.54, 1.807) is 0 Å². The SMILES string of the molecule is O=c1ccn([C@@H]2O[C@@H]3C[O][Tl][O]C3[C@@H]2O)c(=O)[nH]1.[2H]SP. The van der Waals surface area contributed by atoms with Crippen LogP contribution in [0.1, 0.15) is 6.23 Å². The number of fused-ring (bicyclic) bond motifs is 1. The Morgan fingerprint density at radius 3 is 3.05 bits per heavy atom. The van der Waals surface area contributed by atoms with Gasteiger partial charge in [0.05, 0.1) is 0 Å². The Labute approximate surface area is 135 Å². The molecule has 3 heterocycles. The van der Waals surface area contributed by atoms with Crippen LogP contribution in [-0.2, 0) is 10.1 Å². The van der Waals surface area contributed by atoms with E-state index in [0.717, 1.165) is 16.7 Å². The van der Waals surface area contributed by atoms with Crippen LogP contribution < -0.4 is 11.2 Å². The fourth-order valence-corrected chi connectivity index (χ4v) is 5.27. The predicted molar refractivity (Wildman–Crippen MR) is 76.5 cm³/mol. The number of hydrogen-bond acceptors (Lipinski definition) is 7. The van der Waals surface area contributed by atoms with Gasteiger partial charge in [0, 0.05) is 0 Å². The summed E-state index contributed by atoms with van der Waals surface area (Å²) in [5.74, 6) is 0. The van der Waals surface area contributed by atoms with Crippen LogP contribution in [-0.4, -0.2) is 65.8 Å². The van der Waals surface area contributed by atoms with Crippen molar-refractivity contribution in [3.8, 4) is 0 Å². The summed E-state index contributed by atoms with van der Waals surface area (Å²) in [4.78, 5) is 24.7. The Balaban J connectivity index is 0.000000497. The second-order valence-electron chi connectivity index (χ2n) is 4.10. The monoisotopic (exact) mass is 514 g/mol. The van der Waals surface area contributed by atoms with Crippen LogP contribution in [0, 0.1) is 0 Å². The largest absolute Gasteiger partial charge is 0.158 e. The summed E-state index contributed by atoms with van der Waals surface area (Å²) in [6.07, 6.45) is -1.28. The van der Waals surface area contributed by atoms with Crippen molar-refractivity contribution < 1.29 is 15.2 Å². The van der Waals surface area contributed by atoms with Gasteiger partial charge >= 0.3 is 114 Å². The number of H-pyrrole nitrogens is 1. The van der Waals surface area contributed by atoms with E-state index in [0.29, 0.717) is 6.61 Å². The second kappa shape index (κ2) is 7.47. The average Bonchev–Trinajstić information content (AvgIpc) is 2.78. The third-order valence-electron chi connectivity index (χ3n) is 2.98. The molecule has 0 saturated carbocycles. The molecule has 2 fully saturated rings. The van der Waals surface area contributed by atoms with Crippen molar-refractivity contribution in [3.05, 3.63) is 33.1 Å². The van der Waals surface area contributed by atoms with Gasteiger partial charge in [-0.05, 0) is 0 Å². The molecule has 3 rings (SSSR count). The van der Waals surface area contributed by atoms with E-state index in [9.17, 15) is 14.7 Å². The fraction of sp³-hybridized carbons (Fsp3) is 0.556. The number of rotatable bonds is 1. The van der Waals surface area contributed by atoms with E-state index < -0.39 is 54.8 Å². The van der Waals surface area contributed by atoms with Crippen molar-refractivity contribution in [1.29, 1.82) is 1.12 Å². The topological polar surface area (TPSA) is 103 Å². The molecule has 20 heavy (non-hydrogen) atoms. The van der Waals surface area contributed by atoms with Crippen molar-refractivity contribution in [2.24, 2.45) is 0 Å². The van der Waals surface area contributed by atoms with Gasteiger partial charge < -0.3 is 0 Å². The Kier molecular flexibility index (Phi) is 5.65. The predicted octanol–water partition coefficient (Wildman–Crippen LogP) is -1.55. The van der Waals surface area contributed by atoms with Crippen LogP contribution in [0.5, 0.6) is 0 Å². The number of ether oxygens (including phenoxy) is 1. The van der Waals surface area contributed by atoms with Crippen LogP contribution in [0.2, 0.25) is 0 Å². The number of aliphatic hydroxyl groups is 1. The molecule has 0 amide bonds. The molecule has 2 saturated heterocycles. The Morgan fingerprint density at radius 1 is 1.65 bits per heavy atom. The summed E-state index contributed by atoms with van der Waals surface area (Å²) < 4.78 is 23.5. The molecule has 1 aromatic heterocycles. The standard InChI is InChI=1S/C9H10N2O6.H3PS.Tl/c12-3-4-6(14)7(15)8(17-4)11-2-1-5(13)10-9(11)16;1-2;/h1-2,4,6-8,15H,3H2,(H,10,13,16);2H,1H2;/q-2;;+2/t4-,6?,7+,8-;;/m1../s1/i;2D;. The summed E-state index contributed by atoms with van der Waals surface area (Å²) >= 11 is -0.745. The fourth-order valence-electron chi connectivity index (χ4n) is 2.12. The van der Waals surface area contributed by atoms with Gasteiger partial charge in [-0.3, -0.25) is 0 Å². The first kappa shape index (κ1) is 15.1. The molecule has 5 atom stereocenters. The Morgan fingerprint density at radius 2 is 2.40 bits per heavy atom. The van der Waals surface area contributed by atoms with E-state index in [1.165, 1.54) is 12.3 Å². The molecule has 2 aliphatic rings. The first-order valence-corrected chi connectivity index (χ1v) is 11.2. The van der Waals surface area contributed by atoms with Gasteiger partial charge in [0.1, 0.15) is 1.12 Å². The van der Waals surface area contributed by atoms with Crippen LogP contribution in [0.4, 0.5) is 0 Å². The first-order valence-electron chi connectivity index (χ1n) is 6.05. The third kappa shape index (κ3) is 3.34. The van der Waals surface area contributed by atoms with E-state index in [2.05, 4.69) is 13.4 Å². The van der Waals surface area contributed by atoms with Crippen molar-refractivity contribution in [2.45, 2.75) is 24.5 Å². The molecule has 8 nitrogen and oxygen atoms in total. The van der Waals surface area contributed by atoms with Gasteiger partial charge in [0.15, 0.2) is 0 Å². The molecule has 2 N–H and O–H groups in total. The van der Waals surface area contributed by atoms with E-state index in [4.69, 9.17) is 11.2 Å². The number of thiol groups is 1. The molecular formula is C9H13N2O6PSTl. The minimum Gasteiger partial charge on any atom is -0.158 e. The Bertz CT molecular complexity index is 588. The van der Waals surface area contributed by atoms with Crippen LogP contribution in [0.25, 0.3) is 0 Å². The maximum Gasteiger partial charge on any atom is 0.107 e. The number of aromatic amines is 1. The first-order chi connectivity index (χ1) is 10.1. The van der Waals surface area contributed by atoms with E-state index in [1.807, 2.05) is 0 Å². The van der Waals surface area contributed by atoms with Crippen LogP contribution in [0.3, 0.4) is 0 Å². The molecular weight excluding hydrogens is 500 g/mol. The molecule has 0 aliphatic carbocycles. The van der Waals surface area contributed by atoms with Gasteiger partial charge in [-0.15, -0.1) is 0 Å². The molecule has 0 aromatic carbocycles. The van der Waals surface area contributed by atoms with E-state index in [-0.39, 0.29) is 6.10 Å². The molecule has 2 aliphatic heterocycles. The van der Waals surface area contributed by atoms with Crippen molar-refractivity contribution in [1.82, 2.24) is 9.55 Å². The minimum atomic E-state index is -1.66. The van der Waals surface area contributed by atoms with Crippen LogP contribution in [0.15, 0.2) is 21.9 Å². The maximum absolute atomic E-state index is 11.6. The average molecular weight is 514 g/mol. The van der Waals surface area contributed by atoms with Crippen molar-refractivity contribution in [2.75, 3.05) is 6.61 Å². The molecule has 109 valence electrons. The van der Waals surface area contributed by atoms with E-state index >= 15 is 0 Å². The smallest absolute Gasteiger partial charge is 0.107 e. The third-order valence-corrected chi connectivity index (χ3v) is 5.91. The Hall–Kier alpha value is 0.222. The zero-order valence-electron chi connectivity index (χ0n) is 11.2. The summed E-state index contributed by atoms with van der Waals surface area (Å²) in [6, 6.07) is 1.20. The van der Waals surface area contributed by atoms with Gasteiger partial charge in [-0.2, -0.15) is 12.2 Å². The van der Waals surface area contributed by atoms with Gasteiger partial charge in [0.2, 0.25) is 0 Å². The quantitative estimate of drug-likeness (QED) is 0.239. The zero-order valence-corrected chi connectivity index (χ0v) is 16.6.